The van der Waals surface area contributed by atoms with Crippen LogP contribution in [0.15, 0.2) is 24.3 Å². The maximum atomic E-state index is 13.2. The molecule has 2 atom stereocenters. The first-order valence-electron chi connectivity index (χ1n) is 8.31. The van der Waals surface area contributed by atoms with Gasteiger partial charge in [-0.15, -0.1) is 0 Å². The highest BCUT2D eigenvalue weighted by Gasteiger charge is 2.38. The largest absolute Gasteiger partial charge is 0.416 e. The lowest BCUT2D eigenvalue weighted by atomic mass is 9.82. The van der Waals surface area contributed by atoms with E-state index in [2.05, 4.69) is 39.2 Å². The van der Waals surface area contributed by atoms with E-state index in [0.29, 0.717) is 11.8 Å². The first-order valence-corrected chi connectivity index (χ1v) is 11.2. The molecule has 1 aromatic rings. The molecule has 0 saturated carbocycles. The summed E-state index contributed by atoms with van der Waals surface area (Å²) in [4.78, 5) is 0. The van der Waals surface area contributed by atoms with Gasteiger partial charge in [-0.05, 0) is 54.7 Å². The summed E-state index contributed by atoms with van der Waals surface area (Å²) in [5, 5.41) is 3.72. The molecule has 1 aromatic carbocycles. The van der Waals surface area contributed by atoms with E-state index in [4.69, 9.17) is 4.43 Å². The van der Waals surface area contributed by atoms with E-state index in [-0.39, 0.29) is 10.9 Å². The molecule has 2 unspecified atom stereocenters. The van der Waals surface area contributed by atoms with Crippen molar-refractivity contribution in [1.29, 1.82) is 0 Å². The lowest BCUT2D eigenvalue weighted by molar-refractivity contribution is 0.183. The summed E-state index contributed by atoms with van der Waals surface area (Å²) in [6.45, 7) is 14.2. The van der Waals surface area contributed by atoms with Gasteiger partial charge in [0.25, 0.3) is 0 Å². The van der Waals surface area contributed by atoms with Gasteiger partial charge in [-0.1, -0.05) is 32.9 Å². The predicted octanol–water partition coefficient (Wildman–Crippen LogP) is 4.54. The van der Waals surface area contributed by atoms with E-state index in [1.54, 1.807) is 12.1 Å². The highest BCUT2D eigenvalue weighted by molar-refractivity contribution is 6.74. The minimum atomic E-state index is -1.72. The first kappa shape index (κ1) is 17.6. The molecule has 22 heavy (non-hydrogen) atoms. The topological polar surface area (TPSA) is 21.3 Å². The Hall–Kier alpha value is -0.713. The molecular weight excluding hydrogens is 293 g/mol. The predicted molar refractivity (Wildman–Crippen MR) is 93.3 cm³/mol. The van der Waals surface area contributed by atoms with Gasteiger partial charge < -0.3 is 9.74 Å². The van der Waals surface area contributed by atoms with E-state index in [1.165, 1.54) is 5.56 Å². The number of hydrogen-bond acceptors (Lipinski definition) is 2. The van der Waals surface area contributed by atoms with Crippen molar-refractivity contribution < 1.29 is 8.82 Å². The molecule has 0 aliphatic carbocycles. The fraction of sp³-hybridized carbons (Fsp3) is 0.667. The normalized spacial score (nSPS) is 23.5. The maximum Gasteiger partial charge on any atom is 0.191 e. The molecule has 1 heterocycles. The Morgan fingerprint density at radius 3 is 2.45 bits per heavy atom. The van der Waals surface area contributed by atoms with Crippen molar-refractivity contribution in [2.45, 2.75) is 51.2 Å². The van der Waals surface area contributed by atoms with Crippen LogP contribution in [0, 0.1) is 11.7 Å². The highest BCUT2D eigenvalue weighted by Crippen LogP contribution is 2.38. The third-order valence-electron chi connectivity index (χ3n) is 5.37. The van der Waals surface area contributed by atoms with Crippen LogP contribution in [0.3, 0.4) is 0 Å². The van der Waals surface area contributed by atoms with Crippen LogP contribution in [-0.2, 0) is 4.43 Å². The van der Waals surface area contributed by atoms with Crippen molar-refractivity contribution in [3.8, 4) is 0 Å². The van der Waals surface area contributed by atoms with Gasteiger partial charge in [0.05, 0.1) is 0 Å². The summed E-state index contributed by atoms with van der Waals surface area (Å²) in [7, 11) is -1.72. The molecule has 1 fully saturated rings. The van der Waals surface area contributed by atoms with Crippen LogP contribution in [0.2, 0.25) is 18.1 Å². The van der Waals surface area contributed by atoms with Crippen LogP contribution in [0.4, 0.5) is 4.39 Å². The fourth-order valence-electron chi connectivity index (χ4n) is 2.78. The Balaban J connectivity index is 2.06. The molecule has 0 bridgehead atoms. The van der Waals surface area contributed by atoms with E-state index in [0.717, 1.165) is 26.1 Å². The van der Waals surface area contributed by atoms with Crippen LogP contribution < -0.4 is 5.32 Å². The first-order chi connectivity index (χ1) is 10.2. The molecule has 1 N–H and O–H groups in total. The standard InChI is InChI=1S/C18H30FNOSi/c1-18(2,3)22(4,5)21-13-15-12-20-11-10-17(15)14-6-8-16(19)9-7-14/h6-9,15,17,20H,10-13H2,1-5H3. The Labute approximate surface area is 135 Å². The smallest absolute Gasteiger partial charge is 0.191 e. The van der Waals surface area contributed by atoms with Gasteiger partial charge in [0, 0.05) is 19.1 Å². The van der Waals surface area contributed by atoms with E-state index >= 15 is 0 Å². The summed E-state index contributed by atoms with van der Waals surface area (Å²) in [6.07, 6.45) is 1.09. The van der Waals surface area contributed by atoms with Crippen LogP contribution in [0.5, 0.6) is 0 Å². The minimum Gasteiger partial charge on any atom is -0.416 e. The van der Waals surface area contributed by atoms with Crippen molar-refractivity contribution in [1.82, 2.24) is 5.32 Å². The van der Waals surface area contributed by atoms with E-state index in [1.807, 2.05) is 12.1 Å². The molecule has 124 valence electrons. The third-order valence-corrected chi connectivity index (χ3v) is 9.87. The summed E-state index contributed by atoms with van der Waals surface area (Å²) in [5.74, 6) is 0.770. The minimum absolute atomic E-state index is 0.160. The van der Waals surface area contributed by atoms with Crippen molar-refractivity contribution >= 4 is 8.32 Å². The molecule has 1 aliphatic rings. The lowest BCUT2D eigenvalue weighted by Crippen LogP contribution is -2.45. The maximum absolute atomic E-state index is 13.2. The summed E-state index contributed by atoms with van der Waals surface area (Å²) >= 11 is 0. The SMILES string of the molecule is CC(C)(C)[Si](C)(C)OCC1CNCCC1c1ccc(F)cc1. The molecular formula is C18H30FNOSi. The Morgan fingerprint density at radius 1 is 1.23 bits per heavy atom. The number of rotatable bonds is 4. The van der Waals surface area contributed by atoms with Gasteiger partial charge in [-0.3, -0.25) is 0 Å². The number of hydrogen-bond donors (Lipinski definition) is 1. The quantitative estimate of drug-likeness (QED) is 0.821. The molecule has 0 spiro atoms. The lowest BCUT2D eigenvalue weighted by Gasteiger charge is -2.40. The Bertz CT molecular complexity index is 481. The summed E-state index contributed by atoms with van der Waals surface area (Å²) < 4.78 is 19.6. The van der Waals surface area contributed by atoms with Gasteiger partial charge in [-0.25, -0.2) is 4.39 Å². The molecule has 1 aliphatic heterocycles. The average molecular weight is 324 g/mol. The van der Waals surface area contributed by atoms with Crippen LogP contribution in [0.1, 0.15) is 38.7 Å². The van der Waals surface area contributed by atoms with E-state index < -0.39 is 8.32 Å². The number of benzene rings is 1. The van der Waals surface area contributed by atoms with Crippen molar-refractivity contribution in [3.05, 3.63) is 35.6 Å². The summed E-state index contributed by atoms with van der Waals surface area (Å²) in [6, 6.07) is 7.02. The molecule has 4 heteroatoms. The Kier molecular flexibility index (Phi) is 5.46. The molecule has 2 nitrogen and oxygen atoms in total. The zero-order chi connectivity index (χ0) is 16.4. The van der Waals surface area contributed by atoms with Gasteiger partial charge in [0.2, 0.25) is 0 Å². The monoisotopic (exact) mass is 323 g/mol. The van der Waals surface area contributed by atoms with Crippen molar-refractivity contribution in [3.63, 3.8) is 0 Å². The zero-order valence-corrected chi connectivity index (χ0v) is 15.6. The second-order valence-electron chi connectivity index (χ2n) is 7.98. The molecule has 0 amide bonds. The van der Waals surface area contributed by atoms with Crippen LogP contribution in [-0.4, -0.2) is 28.0 Å². The van der Waals surface area contributed by atoms with Gasteiger partial charge >= 0.3 is 0 Å². The zero-order valence-electron chi connectivity index (χ0n) is 14.6. The molecule has 1 saturated heterocycles. The second kappa shape index (κ2) is 6.81. The fourth-order valence-corrected chi connectivity index (χ4v) is 3.84. The van der Waals surface area contributed by atoms with Crippen LogP contribution >= 0.6 is 0 Å². The van der Waals surface area contributed by atoms with Gasteiger partial charge in [-0.2, -0.15) is 0 Å². The number of nitrogens with one attached hydrogen (secondary N) is 1. The second-order valence-corrected chi connectivity index (χ2v) is 12.8. The van der Waals surface area contributed by atoms with Gasteiger partial charge in [0.15, 0.2) is 8.32 Å². The summed E-state index contributed by atoms with van der Waals surface area (Å²) in [5.41, 5.74) is 1.24. The highest BCUT2D eigenvalue weighted by atomic mass is 28.4. The number of halogens is 1. The molecule has 0 aromatic heterocycles. The average Bonchev–Trinajstić information content (AvgIpc) is 2.45. The molecule has 2 rings (SSSR count). The third kappa shape index (κ3) is 4.18. The molecule has 0 radical (unpaired) electrons. The van der Waals surface area contributed by atoms with E-state index in [9.17, 15) is 4.39 Å². The van der Waals surface area contributed by atoms with Gasteiger partial charge in [0.1, 0.15) is 5.82 Å². The van der Waals surface area contributed by atoms with Crippen molar-refractivity contribution in [2.24, 2.45) is 5.92 Å². The van der Waals surface area contributed by atoms with Crippen LogP contribution in [0.25, 0.3) is 0 Å². The number of piperidine rings is 1. The van der Waals surface area contributed by atoms with Crippen molar-refractivity contribution in [2.75, 3.05) is 19.7 Å². The Morgan fingerprint density at radius 2 is 1.86 bits per heavy atom.